The molecule has 0 aliphatic rings. The molecule has 0 atom stereocenters. The monoisotopic (exact) mass is 424 g/mol. The summed E-state index contributed by atoms with van der Waals surface area (Å²) in [6.07, 6.45) is 0. The third-order valence-corrected chi connectivity index (χ3v) is 5.61. The fraction of sp³-hybridized carbons (Fsp3) is 0.143. The van der Waals surface area contributed by atoms with Crippen molar-refractivity contribution in [3.8, 4) is 23.0 Å². The first-order chi connectivity index (χ1) is 15.4. The number of nitrogen functional groups attached to an aromatic ring is 2. The number of aryl methyl sites for hydroxylation is 2. The van der Waals surface area contributed by atoms with Crippen molar-refractivity contribution in [1.29, 1.82) is 0 Å². The summed E-state index contributed by atoms with van der Waals surface area (Å²) in [4.78, 5) is 0. The van der Waals surface area contributed by atoms with E-state index in [4.69, 9.17) is 20.9 Å². The Labute approximate surface area is 189 Å². The maximum atomic E-state index is 6.02. The highest BCUT2D eigenvalue weighted by atomic mass is 16.5. The average molecular weight is 425 g/mol. The Morgan fingerprint density at radius 3 is 1.28 bits per heavy atom. The van der Waals surface area contributed by atoms with E-state index in [9.17, 15) is 0 Å². The molecule has 0 radical (unpaired) electrons. The normalized spacial score (nSPS) is 10.9. The molecule has 0 aliphatic carbocycles. The van der Waals surface area contributed by atoms with Crippen molar-refractivity contribution in [1.82, 2.24) is 0 Å². The predicted molar refractivity (Wildman–Crippen MR) is 132 cm³/mol. The summed E-state index contributed by atoms with van der Waals surface area (Å²) < 4.78 is 12.0. The average Bonchev–Trinajstić information content (AvgIpc) is 2.79. The molecule has 0 saturated carbocycles. The van der Waals surface area contributed by atoms with Crippen LogP contribution in [0.2, 0.25) is 0 Å². The first kappa shape index (κ1) is 21.3. The molecule has 0 amide bonds. The van der Waals surface area contributed by atoms with Crippen molar-refractivity contribution in [2.75, 3.05) is 11.5 Å². The summed E-state index contributed by atoms with van der Waals surface area (Å²) >= 11 is 0. The van der Waals surface area contributed by atoms with Gasteiger partial charge in [0.25, 0.3) is 0 Å². The van der Waals surface area contributed by atoms with E-state index >= 15 is 0 Å². The molecule has 4 aromatic carbocycles. The van der Waals surface area contributed by atoms with Crippen LogP contribution in [0.15, 0.2) is 84.9 Å². The molecule has 0 saturated heterocycles. The van der Waals surface area contributed by atoms with Gasteiger partial charge in [-0.05, 0) is 96.8 Å². The SMILES string of the molecule is Cc1cc(C(C)c2ccc(Oc3ccc(N)cc3)c(C)c2)ccc1Oc1ccc(N)cc1. The van der Waals surface area contributed by atoms with Crippen molar-refractivity contribution in [3.05, 3.63) is 107 Å². The van der Waals surface area contributed by atoms with E-state index in [1.165, 1.54) is 11.1 Å². The van der Waals surface area contributed by atoms with Gasteiger partial charge < -0.3 is 20.9 Å². The van der Waals surface area contributed by atoms with Crippen LogP contribution in [0.3, 0.4) is 0 Å². The van der Waals surface area contributed by atoms with E-state index in [0.29, 0.717) is 0 Å². The molecule has 0 heterocycles. The van der Waals surface area contributed by atoms with Gasteiger partial charge in [0, 0.05) is 17.3 Å². The van der Waals surface area contributed by atoms with Gasteiger partial charge in [-0.3, -0.25) is 0 Å². The Kier molecular flexibility index (Phi) is 6.04. The summed E-state index contributed by atoms with van der Waals surface area (Å²) in [6, 6.07) is 27.5. The summed E-state index contributed by atoms with van der Waals surface area (Å²) in [5.74, 6) is 3.47. The minimum atomic E-state index is 0.239. The molecule has 4 rings (SSSR count). The van der Waals surface area contributed by atoms with Crippen LogP contribution in [0.25, 0.3) is 0 Å². The summed E-state index contributed by atoms with van der Waals surface area (Å²) in [5.41, 5.74) is 17.6. The van der Waals surface area contributed by atoms with E-state index in [-0.39, 0.29) is 5.92 Å². The summed E-state index contributed by atoms with van der Waals surface area (Å²) in [7, 11) is 0. The lowest BCUT2D eigenvalue weighted by molar-refractivity contribution is 0.478. The zero-order valence-corrected chi connectivity index (χ0v) is 18.6. The van der Waals surface area contributed by atoms with Crippen molar-refractivity contribution in [3.63, 3.8) is 0 Å². The Bertz CT molecular complexity index is 1120. The molecular weight excluding hydrogens is 396 g/mol. The van der Waals surface area contributed by atoms with Crippen LogP contribution in [0.5, 0.6) is 23.0 Å². The molecule has 0 spiro atoms. The van der Waals surface area contributed by atoms with Crippen LogP contribution >= 0.6 is 0 Å². The maximum Gasteiger partial charge on any atom is 0.130 e. The van der Waals surface area contributed by atoms with Gasteiger partial charge in [0.2, 0.25) is 0 Å². The van der Waals surface area contributed by atoms with Gasteiger partial charge in [-0.25, -0.2) is 0 Å². The minimum Gasteiger partial charge on any atom is -0.457 e. The number of hydrogen-bond donors (Lipinski definition) is 2. The molecule has 0 aliphatic heterocycles. The number of rotatable bonds is 6. The van der Waals surface area contributed by atoms with Crippen LogP contribution in [-0.2, 0) is 0 Å². The highest BCUT2D eigenvalue weighted by molar-refractivity contribution is 5.48. The third-order valence-electron chi connectivity index (χ3n) is 5.61. The van der Waals surface area contributed by atoms with Gasteiger partial charge in [0.15, 0.2) is 0 Å². The molecule has 162 valence electrons. The largest absolute Gasteiger partial charge is 0.457 e. The zero-order chi connectivity index (χ0) is 22.7. The minimum absolute atomic E-state index is 0.239. The molecule has 4 aromatic rings. The first-order valence-electron chi connectivity index (χ1n) is 10.7. The second-order valence-corrected chi connectivity index (χ2v) is 8.11. The fourth-order valence-corrected chi connectivity index (χ4v) is 3.63. The fourth-order valence-electron chi connectivity index (χ4n) is 3.63. The van der Waals surface area contributed by atoms with Crippen LogP contribution in [-0.4, -0.2) is 0 Å². The molecule has 4 nitrogen and oxygen atoms in total. The predicted octanol–water partition coefficient (Wildman–Crippen LogP) is 7.20. The molecule has 0 bridgehead atoms. The summed E-state index contributed by atoms with van der Waals surface area (Å²) in [5, 5.41) is 0. The number of hydrogen-bond acceptors (Lipinski definition) is 4. The van der Waals surface area contributed by atoms with Crippen molar-refractivity contribution in [2.45, 2.75) is 26.7 Å². The quantitative estimate of drug-likeness (QED) is 0.321. The van der Waals surface area contributed by atoms with E-state index in [1.807, 2.05) is 60.7 Å². The second kappa shape index (κ2) is 9.06. The molecule has 4 heteroatoms. The number of ether oxygens (including phenoxy) is 2. The van der Waals surface area contributed by atoms with Gasteiger partial charge in [0.1, 0.15) is 23.0 Å². The smallest absolute Gasteiger partial charge is 0.130 e. The Morgan fingerprint density at radius 2 is 0.938 bits per heavy atom. The number of anilines is 2. The van der Waals surface area contributed by atoms with Crippen molar-refractivity contribution < 1.29 is 9.47 Å². The van der Waals surface area contributed by atoms with E-state index in [1.54, 1.807) is 0 Å². The maximum absolute atomic E-state index is 6.02. The van der Waals surface area contributed by atoms with Crippen LogP contribution in [0.1, 0.15) is 35.1 Å². The highest BCUT2D eigenvalue weighted by Crippen LogP contribution is 2.33. The van der Waals surface area contributed by atoms with E-state index in [0.717, 1.165) is 45.5 Å². The third kappa shape index (κ3) is 4.86. The van der Waals surface area contributed by atoms with Crippen LogP contribution in [0, 0.1) is 13.8 Å². The van der Waals surface area contributed by atoms with Gasteiger partial charge in [-0.15, -0.1) is 0 Å². The lowest BCUT2D eigenvalue weighted by atomic mass is 9.91. The van der Waals surface area contributed by atoms with Crippen molar-refractivity contribution >= 4 is 11.4 Å². The highest BCUT2D eigenvalue weighted by Gasteiger charge is 2.13. The van der Waals surface area contributed by atoms with Gasteiger partial charge in [-0.1, -0.05) is 31.2 Å². The van der Waals surface area contributed by atoms with E-state index in [2.05, 4.69) is 45.0 Å². The van der Waals surface area contributed by atoms with Gasteiger partial charge >= 0.3 is 0 Å². The lowest BCUT2D eigenvalue weighted by Crippen LogP contribution is -1.99. The Morgan fingerprint density at radius 1 is 0.562 bits per heavy atom. The Hall–Kier alpha value is -3.92. The second-order valence-electron chi connectivity index (χ2n) is 8.11. The molecule has 0 unspecified atom stereocenters. The van der Waals surface area contributed by atoms with E-state index < -0.39 is 0 Å². The molecular formula is C28H28N2O2. The molecule has 32 heavy (non-hydrogen) atoms. The van der Waals surface area contributed by atoms with Gasteiger partial charge in [-0.2, -0.15) is 0 Å². The standard InChI is InChI=1S/C28H28N2O2/c1-18-16-21(4-14-27(18)31-25-10-6-23(29)7-11-25)20(3)22-5-15-28(19(2)17-22)32-26-12-8-24(30)9-13-26/h4-17,20H,29-30H2,1-3H3. The lowest BCUT2D eigenvalue weighted by Gasteiger charge is -2.17. The van der Waals surface area contributed by atoms with Crippen molar-refractivity contribution in [2.24, 2.45) is 0 Å². The Balaban J connectivity index is 1.50. The topological polar surface area (TPSA) is 70.5 Å². The van der Waals surface area contributed by atoms with Crippen LogP contribution < -0.4 is 20.9 Å². The molecule has 4 N–H and O–H groups in total. The number of benzene rings is 4. The summed E-state index contributed by atoms with van der Waals surface area (Å²) in [6.45, 7) is 6.35. The van der Waals surface area contributed by atoms with Gasteiger partial charge in [0.05, 0.1) is 0 Å². The first-order valence-corrected chi connectivity index (χ1v) is 10.7. The zero-order valence-electron chi connectivity index (χ0n) is 18.6. The molecule has 0 fully saturated rings. The van der Waals surface area contributed by atoms with Crippen LogP contribution in [0.4, 0.5) is 11.4 Å². The number of nitrogens with two attached hydrogens (primary N) is 2. The molecule has 0 aromatic heterocycles.